The highest BCUT2D eigenvalue weighted by atomic mass is 16.1. The van der Waals surface area contributed by atoms with Crippen LogP contribution in [0.1, 0.15) is 51.9 Å². The number of aryl methyl sites for hydroxylation is 3. The van der Waals surface area contributed by atoms with E-state index in [2.05, 4.69) is 25.4 Å². The summed E-state index contributed by atoms with van der Waals surface area (Å²) in [4.78, 5) is 35.4. The minimum atomic E-state index is -0.155. The van der Waals surface area contributed by atoms with E-state index < -0.39 is 0 Å². The number of rotatable bonds is 3. The van der Waals surface area contributed by atoms with E-state index in [1.54, 1.807) is 4.52 Å². The molecule has 8 nitrogen and oxygen atoms in total. The molecule has 26 heavy (non-hydrogen) atoms. The predicted molar refractivity (Wildman–Crippen MR) is 95.3 cm³/mol. The molecule has 4 rings (SSSR count). The molecule has 0 radical (unpaired) electrons. The van der Waals surface area contributed by atoms with E-state index in [1.807, 2.05) is 26.8 Å². The number of aromatic amines is 1. The number of fused-ring (bicyclic) bond motifs is 1. The van der Waals surface area contributed by atoms with Crippen LogP contribution in [-0.2, 0) is 0 Å². The van der Waals surface area contributed by atoms with Crippen molar-refractivity contribution in [2.45, 2.75) is 45.6 Å². The number of amides is 1. The summed E-state index contributed by atoms with van der Waals surface area (Å²) in [5, 5.41) is 7.50. The van der Waals surface area contributed by atoms with Crippen molar-refractivity contribution in [1.29, 1.82) is 0 Å². The number of hydrogen-bond donors (Lipinski definition) is 2. The van der Waals surface area contributed by atoms with E-state index >= 15 is 0 Å². The molecule has 0 spiro atoms. The first kappa shape index (κ1) is 16.4. The second-order valence-corrected chi connectivity index (χ2v) is 6.91. The summed E-state index contributed by atoms with van der Waals surface area (Å²) in [6.45, 7) is 5.67. The van der Waals surface area contributed by atoms with Crippen LogP contribution in [-0.4, -0.2) is 36.5 Å². The molecule has 1 aliphatic rings. The average molecular weight is 352 g/mol. The van der Waals surface area contributed by atoms with Gasteiger partial charge in [0.1, 0.15) is 5.56 Å². The number of hydrogen-bond acceptors (Lipinski definition) is 5. The molecule has 0 unspecified atom stereocenters. The zero-order valence-electron chi connectivity index (χ0n) is 14.9. The highest BCUT2D eigenvalue weighted by Gasteiger charge is 2.33. The largest absolute Gasteiger partial charge is 0.349 e. The van der Waals surface area contributed by atoms with Crippen LogP contribution in [0.15, 0.2) is 23.3 Å². The summed E-state index contributed by atoms with van der Waals surface area (Å²) in [7, 11) is 0. The third kappa shape index (κ3) is 2.77. The van der Waals surface area contributed by atoms with Gasteiger partial charge in [-0.05, 0) is 39.7 Å². The number of aromatic nitrogens is 5. The maximum absolute atomic E-state index is 12.8. The maximum Gasteiger partial charge on any atom is 0.257 e. The van der Waals surface area contributed by atoms with Gasteiger partial charge in [-0.15, -0.1) is 0 Å². The average Bonchev–Trinajstić information content (AvgIpc) is 2.86. The van der Waals surface area contributed by atoms with E-state index in [4.69, 9.17) is 0 Å². The smallest absolute Gasteiger partial charge is 0.257 e. The van der Waals surface area contributed by atoms with Gasteiger partial charge in [0.25, 0.3) is 11.5 Å². The summed E-state index contributed by atoms with van der Waals surface area (Å²) < 4.78 is 1.71. The highest BCUT2D eigenvalue weighted by Crippen LogP contribution is 2.35. The Morgan fingerprint density at radius 1 is 1.27 bits per heavy atom. The Morgan fingerprint density at radius 3 is 2.77 bits per heavy atom. The lowest BCUT2D eigenvalue weighted by Gasteiger charge is -2.35. The molecule has 2 N–H and O–H groups in total. The number of H-pyrrole nitrogens is 1. The Hall–Kier alpha value is -3.03. The van der Waals surface area contributed by atoms with Gasteiger partial charge in [-0.25, -0.2) is 14.5 Å². The Balaban J connectivity index is 1.51. The van der Waals surface area contributed by atoms with E-state index in [9.17, 15) is 9.59 Å². The zero-order valence-corrected chi connectivity index (χ0v) is 14.9. The molecular weight excluding hydrogens is 332 g/mol. The summed E-state index contributed by atoms with van der Waals surface area (Å²) in [6.07, 6.45) is 2.96. The van der Waals surface area contributed by atoms with Gasteiger partial charge in [0.15, 0.2) is 5.65 Å². The van der Waals surface area contributed by atoms with Gasteiger partial charge in [0, 0.05) is 29.4 Å². The molecule has 1 amide bonds. The molecule has 0 aliphatic heterocycles. The van der Waals surface area contributed by atoms with Gasteiger partial charge in [-0.2, -0.15) is 5.10 Å². The lowest BCUT2D eigenvalue weighted by molar-refractivity contribution is 0.0909. The SMILES string of the molecule is Cc1cc(C)n2nc(C)c(C(=O)NC3CC(c4cc(=O)[nH]cn4)C3)c2n1. The van der Waals surface area contributed by atoms with Gasteiger partial charge in [-0.3, -0.25) is 9.59 Å². The molecule has 1 saturated carbocycles. The van der Waals surface area contributed by atoms with Crippen molar-refractivity contribution in [3.8, 4) is 0 Å². The fraction of sp³-hybridized carbons (Fsp3) is 0.389. The first-order valence-corrected chi connectivity index (χ1v) is 8.61. The minimum Gasteiger partial charge on any atom is -0.349 e. The van der Waals surface area contributed by atoms with E-state index in [1.165, 1.54) is 12.4 Å². The van der Waals surface area contributed by atoms with Crippen molar-refractivity contribution in [3.05, 3.63) is 57.2 Å². The van der Waals surface area contributed by atoms with Gasteiger partial charge in [-0.1, -0.05) is 0 Å². The maximum atomic E-state index is 12.8. The van der Waals surface area contributed by atoms with Gasteiger partial charge < -0.3 is 10.3 Å². The first-order valence-electron chi connectivity index (χ1n) is 8.61. The number of nitrogens with one attached hydrogen (secondary N) is 2. The molecule has 3 aromatic heterocycles. The molecule has 1 fully saturated rings. The van der Waals surface area contributed by atoms with Crippen LogP contribution in [0.3, 0.4) is 0 Å². The van der Waals surface area contributed by atoms with Crippen molar-refractivity contribution in [2.75, 3.05) is 0 Å². The monoisotopic (exact) mass is 352 g/mol. The number of carbonyl (C=O) groups excluding carboxylic acids is 1. The molecule has 3 heterocycles. The normalized spacial score (nSPS) is 19.3. The molecule has 0 bridgehead atoms. The third-order valence-corrected chi connectivity index (χ3v) is 4.89. The standard InChI is InChI=1S/C18H20N6O2/c1-9-4-10(2)24-17(21-9)16(11(3)23-24)18(26)22-13-5-12(6-13)14-7-15(25)20-8-19-14/h4,7-8,12-13H,5-6H2,1-3H3,(H,22,26)(H,19,20,25). The molecule has 0 aromatic carbocycles. The van der Waals surface area contributed by atoms with Gasteiger partial charge >= 0.3 is 0 Å². The first-order chi connectivity index (χ1) is 12.4. The second kappa shape index (κ2) is 6.05. The van der Waals surface area contributed by atoms with Crippen LogP contribution in [0.5, 0.6) is 0 Å². The van der Waals surface area contributed by atoms with Gasteiger partial charge in [0.05, 0.1) is 17.7 Å². The molecule has 1 aliphatic carbocycles. The molecule has 0 atom stereocenters. The van der Waals surface area contributed by atoms with Crippen LogP contribution in [0.4, 0.5) is 0 Å². The zero-order chi connectivity index (χ0) is 18.4. The molecule has 134 valence electrons. The van der Waals surface area contributed by atoms with Crippen molar-refractivity contribution in [2.24, 2.45) is 0 Å². The van der Waals surface area contributed by atoms with Gasteiger partial charge in [0.2, 0.25) is 0 Å². The van der Waals surface area contributed by atoms with E-state index in [0.29, 0.717) is 16.9 Å². The summed E-state index contributed by atoms with van der Waals surface area (Å²) >= 11 is 0. The fourth-order valence-electron chi connectivity index (χ4n) is 3.53. The lowest BCUT2D eigenvalue weighted by Crippen LogP contribution is -2.43. The highest BCUT2D eigenvalue weighted by molar-refractivity contribution is 6.01. The van der Waals surface area contributed by atoms with Crippen molar-refractivity contribution < 1.29 is 4.79 Å². The molecule has 0 saturated heterocycles. The molecular formula is C18H20N6O2. The minimum absolute atomic E-state index is 0.0637. The van der Waals surface area contributed by atoms with Crippen LogP contribution in [0.2, 0.25) is 0 Å². The quantitative estimate of drug-likeness (QED) is 0.741. The molecule has 3 aromatic rings. The summed E-state index contributed by atoms with van der Waals surface area (Å²) in [5.74, 6) is 0.0486. The Bertz CT molecular complexity index is 1060. The second-order valence-electron chi connectivity index (χ2n) is 6.91. The Morgan fingerprint density at radius 2 is 2.04 bits per heavy atom. The molecule has 8 heteroatoms. The van der Waals surface area contributed by atoms with Crippen molar-refractivity contribution >= 4 is 11.6 Å². The van der Waals surface area contributed by atoms with Crippen LogP contribution < -0.4 is 10.9 Å². The third-order valence-electron chi connectivity index (χ3n) is 4.89. The van der Waals surface area contributed by atoms with Crippen molar-refractivity contribution in [3.63, 3.8) is 0 Å². The van der Waals surface area contributed by atoms with Crippen LogP contribution >= 0.6 is 0 Å². The van der Waals surface area contributed by atoms with E-state index in [0.717, 1.165) is 29.9 Å². The van der Waals surface area contributed by atoms with Crippen molar-refractivity contribution in [1.82, 2.24) is 29.9 Å². The summed E-state index contributed by atoms with van der Waals surface area (Å²) in [6, 6.07) is 3.52. The fourth-order valence-corrected chi connectivity index (χ4v) is 3.53. The van der Waals surface area contributed by atoms with Crippen LogP contribution in [0.25, 0.3) is 5.65 Å². The van der Waals surface area contributed by atoms with Crippen LogP contribution in [0, 0.1) is 20.8 Å². The lowest BCUT2D eigenvalue weighted by atomic mass is 9.78. The number of carbonyl (C=O) groups is 1. The predicted octanol–water partition coefficient (Wildman–Crippen LogP) is 1.41. The Kier molecular flexibility index (Phi) is 3.82. The topological polar surface area (TPSA) is 105 Å². The van der Waals surface area contributed by atoms with E-state index in [-0.39, 0.29) is 23.4 Å². The number of nitrogens with zero attached hydrogens (tertiary/aromatic N) is 4. The summed E-state index contributed by atoms with van der Waals surface area (Å²) in [5.41, 5.74) is 4.20. The Labute approximate surface area is 149 Å².